The number of alkyl halides is 6. The summed E-state index contributed by atoms with van der Waals surface area (Å²) in [6, 6.07) is 2.78. The van der Waals surface area contributed by atoms with Gasteiger partial charge in [-0.15, -0.1) is 0 Å². The predicted molar refractivity (Wildman–Crippen MR) is 60.8 cm³/mol. The molecule has 0 heterocycles. The summed E-state index contributed by atoms with van der Waals surface area (Å²) in [7, 11) is 1.25. The summed E-state index contributed by atoms with van der Waals surface area (Å²) < 4.78 is 74.3. The molecular formula is C12H11F6NO. The Hall–Kier alpha value is -1.73. The van der Waals surface area contributed by atoms with Crippen molar-refractivity contribution in [2.75, 3.05) is 18.5 Å². The molecule has 1 aromatic rings. The summed E-state index contributed by atoms with van der Waals surface area (Å²) in [5.74, 6) is 0. The highest BCUT2D eigenvalue weighted by Gasteiger charge is 2.34. The molecule has 0 unspecified atom stereocenters. The molecule has 0 fully saturated rings. The van der Waals surface area contributed by atoms with Crippen molar-refractivity contribution in [2.45, 2.75) is 18.8 Å². The topological polar surface area (TPSA) is 20.3 Å². The lowest BCUT2D eigenvalue weighted by Gasteiger charge is -2.21. The Labute approximate surface area is 111 Å². The molecule has 1 aromatic carbocycles. The average Bonchev–Trinajstić information content (AvgIpc) is 2.33. The molecule has 0 aliphatic carbocycles. The van der Waals surface area contributed by atoms with Crippen LogP contribution in [0.1, 0.15) is 22.3 Å². The van der Waals surface area contributed by atoms with Crippen LogP contribution in [0.25, 0.3) is 0 Å². The predicted octanol–water partition coefficient (Wildman–Crippen LogP) is 3.91. The fourth-order valence-electron chi connectivity index (χ4n) is 1.55. The summed E-state index contributed by atoms with van der Waals surface area (Å²) in [5, 5.41) is 0. The first-order valence-electron chi connectivity index (χ1n) is 5.49. The molecule has 0 aromatic heterocycles. The van der Waals surface area contributed by atoms with Crippen LogP contribution in [0, 0.1) is 0 Å². The van der Waals surface area contributed by atoms with Gasteiger partial charge in [-0.3, -0.25) is 4.79 Å². The van der Waals surface area contributed by atoms with Gasteiger partial charge < -0.3 is 4.90 Å². The first-order valence-corrected chi connectivity index (χ1v) is 5.49. The van der Waals surface area contributed by atoms with Crippen LogP contribution in [-0.2, 0) is 6.18 Å². The Balaban J connectivity index is 3.00. The molecule has 8 heteroatoms. The second-order valence-electron chi connectivity index (χ2n) is 4.17. The SMILES string of the molecule is CN(CCC(F)(F)F)c1ccc(C=O)c(C(F)(F)F)c1. The van der Waals surface area contributed by atoms with Crippen molar-refractivity contribution < 1.29 is 31.1 Å². The Morgan fingerprint density at radius 1 is 1.15 bits per heavy atom. The van der Waals surface area contributed by atoms with Crippen molar-refractivity contribution in [1.29, 1.82) is 0 Å². The third-order valence-corrected chi connectivity index (χ3v) is 2.64. The van der Waals surface area contributed by atoms with E-state index in [-0.39, 0.29) is 12.0 Å². The van der Waals surface area contributed by atoms with Crippen LogP contribution in [0.15, 0.2) is 18.2 Å². The van der Waals surface area contributed by atoms with Crippen LogP contribution in [0.4, 0.5) is 32.0 Å². The Kier molecular flexibility index (Phi) is 4.67. The molecule has 0 N–H and O–H groups in total. The lowest BCUT2D eigenvalue weighted by molar-refractivity contribution is -0.138. The fraction of sp³-hybridized carbons (Fsp3) is 0.417. The van der Waals surface area contributed by atoms with Gasteiger partial charge in [0.05, 0.1) is 12.0 Å². The molecule has 0 saturated heterocycles. The van der Waals surface area contributed by atoms with Crippen LogP contribution in [0.2, 0.25) is 0 Å². The van der Waals surface area contributed by atoms with Gasteiger partial charge in [-0.05, 0) is 18.2 Å². The third-order valence-electron chi connectivity index (χ3n) is 2.64. The van der Waals surface area contributed by atoms with Gasteiger partial charge in [0.1, 0.15) is 0 Å². The van der Waals surface area contributed by atoms with Gasteiger partial charge in [0.2, 0.25) is 0 Å². The number of rotatable bonds is 4. The average molecular weight is 299 g/mol. The van der Waals surface area contributed by atoms with E-state index in [0.717, 1.165) is 11.0 Å². The van der Waals surface area contributed by atoms with E-state index in [4.69, 9.17) is 0 Å². The number of carbonyl (C=O) groups excluding carboxylic acids is 1. The zero-order valence-electron chi connectivity index (χ0n) is 10.3. The van der Waals surface area contributed by atoms with E-state index in [9.17, 15) is 31.1 Å². The summed E-state index contributed by atoms with van der Waals surface area (Å²) >= 11 is 0. The maximum Gasteiger partial charge on any atom is 0.417 e. The zero-order chi connectivity index (χ0) is 15.6. The summed E-state index contributed by atoms with van der Waals surface area (Å²) in [4.78, 5) is 11.6. The van der Waals surface area contributed by atoms with E-state index in [1.54, 1.807) is 0 Å². The minimum absolute atomic E-state index is 0.0350. The number of hydrogen-bond acceptors (Lipinski definition) is 2. The molecule has 0 aliphatic heterocycles. The number of nitrogens with zero attached hydrogens (tertiary/aromatic N) is 1. The molecule has 20 heavy (non-hydrogen) atoms. The number of anilines is 1. The van der Waals surface area contributed by atoms with Crippen molar-refractivity contribution in [3.05, 3.63) is 29.3 Å². The maximum absolute atomic E-state index is 12.7. The Morgan fingerprint density at radius 3 is 2.20 bits per heavy atom. The summed E-state index contributed by atoms with van der Waals surface area (Å²) in [5.41, 5.74) is -1.75. The molecule has 0 atom stereocenters. The molecule has 1 rings (SSSR count). The molecule has 0 saturated carbocycles. The van der Waals surface area contributed by atoms with Gasteiger partial charge in [0.25, 0.3) is 0 Å². The monoisotopic (exact) mass is 299 g/mol. The highest BCUT2D eigenvalue weighted by atomic mass is 19.4. The Bertz CT molecular complexity index is 480. The minimum Gasteiger partial charge on any atom is -0.374 e. The second-order valence-corrected chi connectivity index (χ2v) is 4.17. The molecule has 0 bridgehead atoms. The van der Waals surface area contributed by atoms with Crippen LogP contribution >= 0.6 is 0 Å². The van der Waals surface area contributed by atoms with E-state index in [1.165, 1.54) is 13.1 Å². The first-order chi connectivity index (χ1) is 9.04. The molecule has 0 aliphatic rings. The molecule has 0 amide bonds. The zero-order valence-corrected chi connectivity index (χ0v) is 10.3. The molecule has 2 nitrogen and oxygen atoms in total. The molecule has 0 radical (unpaired) electrons. The van der Waals surface area contributed by atoms with E-state index in [1.807, 2.05) is 0 Å². The molecular weight excluding hydrogens is 288 g/mol. The van der Waals surface area contributed by atoms with Gasteiger partial charge in [-0.2, -0.15) is 26.3 Å². The normalized spacial score (nSPS) is 12.3. The number of carbonyl (C=O) groups is 1. The third kappa shape index (κ3) is 4.43. The van der Waals surface area contributed by atoms with Crippen molar-refractivity contribution in [3.8, 4) is 0 Å². The second kappa shape index (κ2) is 5.72. The molecule has 112 valence electrons. The van der Waals surface area contributed by atoms with Crippen molar-refractivity contribution in [3.63, 3.8) is 0 Å². The van der Waals surface area contributed by atoms with Gasteiger partial charge in [0, 0.05) is 24.8 Å². The lowest BCUT2D eigenvalue weighted by Crippen LogP contribution is -2.24. The Morgan fingerprint density at radius 2 is 1.75 bits per heavy atom. The highest BCUT2D eigenvalue weighted by molar-refractivity contribution is 5.79. The molecule has 0 spiro atoms. The van der Waals surface area contributed by atoms with E-state index in [0.29, 0.717) is 6.07 Å². The maximum atomic E-state index is 12.7. The van der Waals surface area contributed by atoms with E-state index < -0.39 is 36.4 Å². The number of benzene rings is 1. The van der Waals surface area contributed by atoms with Gasteiger partial charge in [-0.1, -0.05) is 0 Å². The van der Waals surface area contributed by atoms with Gasteiger partial charge in [-0.25, -0.2) is 0 Å². The number of halogens is 6. The largest absolute Gasteiger partial charge is 0.417 e. The van der Waals surface area contributed by atoms with Crippen LogP contribution in [0.5, 0.6) is 0 Å². The fourth-order valence-corrected chi connectivity index (χ4v) is 1.55. The van der Waals surface area contributed by atoms with Crippen LogP contribution < -0.4 is 4.90 Å². The minimum atomic E-state index is -4.74. The standard InChI is InChI=1S/C12H11F6NO/c1-19(5-4-11(13,14)15)9-3-2-8(7-20)10(6-9)12(16,17)18/h2-3,6-7H,4-5H2,1H3. The van der Waals surface area contributed by atoms with Crippen molar-refractivity contribution in [1.82, 2.24) is 0 Å². The summed E-state index contributed by atoms with van der Waals surface area (Å²) in [6.07, 6.45) is -10.2. The van der Waals surface area contributed by atoms with E-state index >= 15 is 0 Å². The highest BCUT2D eigenvalue weighted by Crippen LogP contribution is 2.34. The van der Waals surface area contributed by atoms with Crippen molar-refractivity contribution >= 4 is 12.0 Å². The van der Waals surface area contributed by atoms with Crippen molar-refractivity contribution in [2.24, 2.45) is 0 Å². The van der Waals surface area contributed by atoms with Crippen LogP contribution in [0.3, 0.4) is 0 Å². The first kappa shape index (κ1) is 16.3. The summed E-state index contributed by atoms with van der Waals surface area (Å²) in [6.45, 7) is -0.471. The van der Waals surface area contributed by atoms with Gasteiger partial charge in [0.15, 0.2) is 6.29 Å². The number of aldehydes is 1. The van der Waals surface area contributed by atoms with E-state index in [2.05, 4.69) is 0 Å². The van der Waals surface area contributed by atoms with Gasteiger partial charge >= 0.3 is 12.4 Å². The number of hydrogen-bond donors (Lipinski definition) is 0. The smallest absolute Gasteiger partial charge is 0.374 e. The lowest BCUT2D eigenvalue weighted by atomic mass is 10.1. The quantitative estimate of drug-likeness (QED) is 0.620. The van der Waals surface area contributed by atoms with Crippen LogP contribution in [-0.4, -0.2) is 26.1 Å².